The molecular weight excluding hydrogens is 206 g/mol. The highest BCUT2D eigenvalue weighted by Gasteiger charge is 2.50. The van der Waals surface area contributed by atoms with Crippen molar-refractivity contribution in [2.45, 2.75) is 38.2 Å². The topological polar surface area (TPSA) is 57.6 Å². The molecule has 4 heteroatoms. The SMILES string of the molecule is O=C1C2CCCC2C(=O)N1CC(O)C1CC1. The molecule has 3 rings (SSSR count). The number of nitrogens with zero attached hydrogens (tertiary/aromatic N) is 1. The summed E-state index contributed by atoms with van der Waals surface area (Å²) in [6.07, 6.45) is 4.27. The number of hydrogen-bond donors (Lipinski definition) is 1. The summed E-state index contributed by atoms with van der Waals surface area (Å²) < 4.78 is 0. The van der Waals surface area contributed by atoms with E-state index in [1.165, 1.54) is 4.90 Å². The number of aliphatic hydroxyl groups is 1. The third-order valence-electron chi connectivity index (χ3n) is 4.22. The zero-order valence-corrected chi connectivity index (χ0v) is 9.26. The molecule has 2 amide bonds. The van der Waals surface area contributed by atoms with Crippen LogP contribution in [0.1, 0.15) is 32.1 Å². The summed E-state index contributed by atoms with van der Waals surface area (Å²) in [5, 5.41) is 9.80. The molecular formula is C12H17NO3. The van der Waals surface area contributed by atoms with E-state index in [9.17, 15) is 14.7 Å². The average molecular weight is 223 g/mol. The fourth-order valence-corrected chi connectivity index (χ4v) is 3.06. The summed E-state index contributed by atoms with van der Waals surface area (Å²) in [4.78, 5) is 25.3. The maximum Gasteiger partial charge on any atom is 0.233 e. The predicted molar refractivity (Wildman–Crippen MR) is 56.3 cm³/mol. The van der Waals surface area contributed by atoms with Crippen LogP contribution < -0.4 is 0 Å². The maximum absolute atomic E-state index is 12.0. The smallest absolute Gasteiger partial charge is 0.233 e. The van der Waals surface area contributed by atoms with Crippen molar-refractivity contribution in [3.8, 4) is 0 Å². The van der Waals surface area contributed by atoms with Crippen LogP contribution in [0.4, 0.5) is 0 Å². The van der Waals surface area contributed by atoms with Gasteiger partial charge in [0, 0.05) is 0 Å². The zero-order valence-electron chi connectivity index (χ0n) is 9.26. The molecule has 16 heavy (non-hydrogen) atoms. The Kier molecular flexibility index (Phi) is 2.28. The molecule has 3 fully saturated rings. The largest absolute Gasteiger partial charge is 0.391 e. The van der Waals surface area contributed by atoms with Crippen molar-refractivity contribution >= 4 is 11.8 Å². The van der Waals surface area contributed by atoms with Gasteiger partial charge in [0.05, 0.1) is 24.5 Å². The zero-order chi connectivity index (χ0) is 11.3. The minimum atomic E-state index is -0.494. The first-order valence-corrected chi connectivity index (χ1v) is 6.22. The van der Waals surface area contributed by atoms with E-state index in [1.807, 2.05) is 0 Å². The minimum Gasteiger partial charge on any atom is -0.391 e. The van der Waals surface area contributed by atoms with E-state index in [-0.39, 0.29) is 30.2 Å². The van der Waals surface area contributed by atoms with Crippen LogP contribution in [-0.4, -0.2) is 34.5 Å². The van der Waals surface area contributed by atoms with Gasteiger partial charge in [-0.2, -0.15) is 0 Å². The van der Waals surface area contributed by atoms with Crippen molar-refractivity contribution in [3.05, 3.63) is 0 Å². The molecule has 1 aliphatic heterocycles. The average Bonchev–Trinajstić information content (AvgIpc) is 2.96. The highest BCUT2D eigenvalue weighted by atomic mass is 16.3. The lowest BCUT2D eigenvalue weighted by Crippen LogP contribution is -2.39. The van der Waals surface area contributed by atoms with Gasteiger partial charge in [-0.25, -0.2) is 0 Å². The number of fused-ring (bicyclic) bond motifs is 1. The van der Waals surface area contributed by atoms with Crippen molar-refractivity contribution in [2.75, 3.05) is 6.54 Å². The molecule has 0 spiro atoms. The van der Waals surface area contributed by atoms with Crippen molar-refractivity contribution in [3.63, 3.8) is 0 Å². The van der Waals surface area contributed by atoms with Gasteiger partial charge in [-0.05, 0) is 31.6 Å². The van der Waals surface area contributed by atoms with E-state index in [0.717, 1.165) is 32.1 Å². The number of carbonyl (C=O) groups is 2. The van der Waals surface area contributed by atoms with Gasteiger partial charge in [0.2, 0.25) is 11.8 Å². The molecule has 0 aromatic carbocycles. The van der Waals surface area contributed by atoms with E-state index >= 15 is 0 Å². The normalized spacial score (nSPS) is 35.7. The minimum absolute atomic E-state index is 0.0350. The second kappa shape index (κ2) is 3.55. The Morgan fingerprint density at radius 2 is 1.69 bits per heavy atom. The van der Waals surface area contributed by atoms with Crippen LogP contribution >= 0.6 is 0 Å². The van der Waals surface area contributed by atoms with E-state index in [4.69, 9.17) is 0 Å². The molecule has 0 aromatic rings. The molecule has 4 nitrogen and oxygen atoms in total. The van der Waals surface area contributed by atoms with Gasteiger partial charge >= 0.3 is 0 Å². The molecule has 0 radical (unpaired) electrons. The van der Waals surface area contributed by atoms with E-state index < -0.39 is 6.10 Å². The first-order chi connectivity index (χ1) is 7.68. The van der Waals surface area contributed by atoms with Crippen LogP contribution in [0.5, 0.6) is 0 Å². The monoisotopic (exact) mass is 223 g/mol. The fraction of sp³-hybridized carbons (Fsp3) is 0.833. The summed E-state index contributed by atoms with van der Waals surface area (Å²) in [6, 6.07) is 0. The van der Waals surface area contributed by atoms with Gasteiger partial charge in [0.1, 0.15) is 0 Å². The highest BCUT2D eigenvalue weighted by Crippen LogP contribution is 2.40. The van der Waals surface area contributed by atoms with Crippen LogP contribution in [0, 0.1) is 17.8 Å². The Balaban J connectivity index is 1.70. The second-order valence-electron chi connectivity index (χ2n) is 5.34. The lowest BCUT2D eigenvalue weighted by atomic mass is 10.00. The number of amides is 2. The van der Waals surface area contributed by atoms with Crippen LogP contribution in [-0.2, 0) is 9.59 Å². The first kappa shape index (κ1) is 10.3. The molecule has 3 unspecified atom stereocenters. The van der Waals surface area contributed by atoms with E-state index in [2.05, 4.69) is 0 Å². The first-order valence-electron chi connectivity index (χ1n) is 6.22. The maximum atomic E-state index is 12.0. The highest BCUT2D eigenvalue weighted by molar-refractivity contribution is 6.05. The van der Waals surface area contributed by atoms with Crippen LogP contribution in [0.3, 0.4) is 0 Å². The summed E-state index contributed by atoms with van der Waals surface area (Å²) in [5.41, 5.74) is 0. The molecule has 1 heterocycles. The van der Waals surface area contributed by atoms with Crippen molar-refractivity contribution < 1.29 is 14.7 Å². The molecule has 2 aliphatic carbocycles. The Bertz CT molecular complexity index is 315. The van der Waals surface area contributed by atoms with Gasteiger partial charge in [0.25, 0.3) is 0 Å². The molecule has 2 saturated carbocycles. The lowest BCUT2D eigenvalue weighted by molar-refractivity contribution is -0.142. The van der Waals surface area contributed by atoms with Crippen LogP contribution in [0.25, 0.3) is 0 Å². The summed E-state index contributed by atoms with van der Waals surface area (Å²) >= 11 is 0. The molecule has 3 aliphatic rings. The lowest BCUT2D eigenvalue weighted by Gasteiger charge is -2.19. The summed E-state index contributed by atoms with van der Waals surface area (Å²) in [6.45, 7) is 0.231. The van der Waals surface area contributed by atoms with E-state index in [1.54, 1.807) is 0 Å². The number of imide groups is 1. The van der Waals surface area contributed by atoms with Crippen LogP contribution in [0.15, 0.2) is 0 Å². The third kappa shape index (κ3) is 1.47. The number of β-amino-alcohol motifs (C(OH)–C–C–N with tert-alkyl or cyclic N) is 1. The molecule has 1 saturated heterocycles. The van der Waals surface area contributed by atoms with E-state index in [0.29, 0.717) is 5.92 Å². The fourth-order valence-electron chi connectivity index (χ4n) is 3.06. The van der Waals surface area contributed by atoms with Gasteiger partial charge in [-0.1, -0.05) is 6.42 Å². The standard InChI is InChI=1S/C12H17NO3/c14-10(7-4-5-7)6-13-11(15)8-2-1-3-9(8)12(13)16/h7-10,14H,1-6H2. The molecule has 1 N–H and O–H groups in total. The Morgan fingerprint density at radius 3 is 2.19 bits per heavy atom. The second-order valence-corrected chi connectivity index (χ2v) is 5.34. The molecule has 88 valence electrons. The van der Waals surface area contributed by atoms with Gasteiger partial charge in [-0.3, -0.25) is 14.5 Å². The van der Waals surface area contributed by atoms with Gasteiger partial charge < -0.3 is 5.11 Å². The number of carbonyl (C=O) groups excluding carboxylic acids is 2. The quantitative estimate of drug-likeness (QED) is 0.710. The van der Waals surface area contributed by atoms with Crippen molar-refractivity contribution in [1.82, 2.24) is 4.90 Å². The number of rotatable bonds is 3. The molecule has 3 atom stereocenters. The van der Waals surface area contributed by atoms with Gasteiger partial charge in [0.15, 0.2) is 0 Å². The third-order valence-corrected chi connectivity index (χ3v) is 4.22. The summed E-state index contributed by atoms with van der Waals surface area (Å²) in [7, 11) is 0. The molecule has 0 bridgehead atoms. The predicted octanol–water partition coefficient (Wildman–Crippen LogP) is 0.542. The summed E-state index contributed by atoms with van der Waals surface area (Å²) in [5.74, 6) is 0.109. The Morgan fingerprint density at radius 1 is 1.12 bits per heavy atom. The van der Waals surface area contributed by atoms with Crippen molar-refractivity contribution in [2.24, 2.45) is 17.8 Å². The number of likely N-dealkylation sites (tertiary alicyclic amines) is 1. The number of aliphatic hydroxyl groups excluding tert-OH is 1. The molecule has 0 aromatic heterocycles. The Hall–Kier alpha value is -0.900. The van der Waals surface area contributed by atoms with Crippen molar-refractivity contribution in [1.29, 1.82) is 0 Å². The van der Waals surface area contributed by atoms with Gasteiger partial charge in [-0.15, -0.1) is 0 Å². The number of hydrogen-bond acceptors (Lipinski definition) is 3. The Labute approximate surface area is 94.6 Å². The van der Waals surface area contributed by atoms with Crippen LogP contribution in [0.2, 0.25) is 0 Å².